The molecule has 16 nitrogen and oxygen atoms in total. The van der Waals surface area contributed by atoms with Crippen molar-refractivity contribution < 1.29 is 99.6 Å². The second-order valence-electron chi connectivity index (χ2n) is 12.2. The summed E-state index contributed by atoms with van der Waals surface area (Å²) in [6, 6.07) is 2.74. The van der Waals surface area contributed by atoms with E-state index in [0.717, 1.165) is 30.6 Å². The summed E-state index contributed by atoms with van der Waals surface area (Å²) < 4.78 is 5.71. The van der Waals surface area contributed by atoms with Crippen molar-refractivity contribution in [3.63, 3.8) is 0 Å². The van der Waals surface area contributed by atoms with Gasteiger partial charge in [-0.2, -0.15) is 0 Å². The van der Waals surface area contributed by atoms with Crippen LogP contribution in [0.25, 0.3) is 0 Å². The van der Waals surface area contributed by atoms with Crippen LogP contribution in [-0.4, -0.2) is 182 Å². The van der Waals surface area contributed by atoms with Crippen LogP contribution in [0.1, 0.15) is 44.6 Å². The van der Waals surface area contributed by atoms with Crippen LogP contribution in [0.15, 0.2) is 24.3 Å². The first-order valence-corrected chi connectivity index (χ1v) is 16.9. The monoisotopic (exact) mass is 856 g/mol. The molecule has 0 unspecified atom stereocenters. The van der Waals surface area contributed by atoms with E-state index in [0.29, 0.717) is 19.4 Å². The predicted molar refractivity (Wildman–Crippen MR) is 178 cm³/mol. The Labute approximate surface area is 325 Å². The minimum Gasteiger partial charge on any atom is -0.494 e. The predicted octanol–water partition coefficient (Wildman–Crippen LogP) is -0.410. The van der Waals surface area contributed by atoms with Gasteiger partial charge in [0.1, 0.15) is 29.9 Å². The fraction of sp³-hybridized carbons (Fsp3) is 0.697. The number of aryl methyl sites for hydroxylation is 1. The van der Waals surface area contributed by atoms with Crippen LogP contribution >= 0.6 is 0 Å². The molecule has 2 rings (SSSR count). The van der Waals surface area contributed by atoms with Crippen molar-refractivity contribution in [1.29, 1.82) is 0 Å². The average molecular weight is 856 g/mol. The number of aliphatic hydroxyl groups is 3. The number of aliphatic hydroxyl groups excluding tert-OH is 3. The first-order valence-electron chi connectivity index (χ1n) is 16.9. The first kappa shape index (κ1) is 46.0. The van der Waals surface area contributed by atoms with E-state index >= 15 is 0 Å². The Morgan fingerprint density at radius 3 is 1.28 bits per heavy atom. The molecular formula is C33H54GdN4O12. The number of hydrogen-bond donors (Lipinski definition) is 7. The molecule has 1 aliphatic heterocycles. The van der Waals surface area contributed by atoms with Crippen LogP contribution in [0, 0.1) is 39.9 Å². The van der Waals surface area contributed by atoms with Gasteiger partial charge in [0.25, 0.3) is 0 Å². The molecule has 1 aliphatic rings. The van der Waals surface area contributed by atoms with Gasteiger partial charge >= 0.3 is 23.9 Å². The molecular weight excluding hydrogens is 802 g/mol. The molecule has 17 heteroatoms. The molecule has 1 fully saturated rings. The van der Waals surface area contributed by atoms with Gasteiger partial charge in [-0.15, -0.1) is 0 Å². The van der Waals surface area contributed by atoms with Crippen LogP contribution in [0.5, 0.6) is 5.75 Å². The van der Waals surface area contributed by atoms with Gasteiger partial charge in [0.15, 0.2) is 0 Å². The maximum absolute atomic E-state index is 12.6. The Bertz CT molecular complexity index is 1130. The van der Waals surface area contributed by atoms with Gasteiger partial charge in [0.2, 0.25) is 0 Å². The second-order valence-corrected chi connectivity index (χ2v) is 12.2. The summed E-state index contributed by atoms with van der Waals surface area (Å²) in [5.74, 6) is -4.24. The van der Waals surface area contributed by atoms with E-state index in [9.17, 15) is 54.9 Å². The van der Waals surface area contributed by atoms with Gasteiger partial charge in [-0.25, -0.2) is 0 Å². The molecule has 0 amide bonds. The zero-order valence-corrected chi connectivity index (χ0v) is 30.9. The normalized spacial score (nSPS) is 18.4. The summed E-state index contributed by atoms with van der Waals surface area (Å²) in [6.07, 6.45) is 4.26. The molecule has 1 saturated heterocycles. The first-order chi connectivity index (χ1) is 23.5. The van der Waals surface area contributed by atoms with E-state index in [1.165, 1.54) is 14.7 Å². The number of ether oxygens (including phenoxy) is 1. The number of carboxylic acids is 4. The van der Waals surface area contributed by atoms with E-state index in [2.05, 4.69) is 6.92 Å². The van der Waals surface area contributed by atoms with Gasteiger partial charge in [-0.1, -0.05) is 31.9 Å². The molecule has 0 aromatic heterocycles. The molecule has 0 radical (unpaired) electrons. The number of carbonyl (C=O) groups is 4. The van der Waals surface area contributed by atoms with Crippen molar-refractivity contribution in [2.75, 3.05) is 78.8 Å². The number of aliphatic carboxylic acids is 4. The quantitative estimate of drug-likeness (QED) is 0.0827. The standard InChI is InChI=1S/C33H54N4O12.Gd/c1-2-3-20-49-25-10-8-24(9-11-25)6-4-5-7-26(30(41)42)34-12-14-35(27(21-38)31(43)44)16-18-37(29(23-40)33(47)48)19-17-36(15-13-34)28(22-39)32(45)46;/h8-11,26-29,38-40H,2-7,12-23H2,1H3,(H,41,42)(H,43,44)(H,45,46)(H,47,48);/t26-,27-,28+,29+;/m0./s1. The van der Waals surface area contributed by atoms with Gasteiger partial charge in [-0.3, -0.25) is 38.8 Å². The van der Waals surface area contributed by atoms with Crippen molar-refractivity contribution in [1.82, 2.24) is 19.6 Å². The largest absolute Gasteiger partial charge is 0.494 e. The molecule has 0 bridgehead atoms. The number of rotatable bonds is 20. The van der Waals surface area contributed by atoms with Gasteiger partial charge in [0, 0.05) is 92.3 Å². The van der Waals surface area contributed by atoms with Crippen LogP contribution in [0.3, 0.4) is 0 Å². The third-order valence-corrected chi connectivity index (χ3v) is 9.00. The Kier molecular flexibility index (Phi) is 23.0. The fourth-order valence-electron chi connectivity index (χ4n) is 5.99. The zero-order chi connectivity index (χ0) is 36.3. The Morgan fingerprint density at radius 2 is 0.960 bits per heavy atom. The summed E-state index contributed by atoms with van der Waals surface area (Å²) in [6.45, 7) is 0.410. The van der Waals surface area contributed by atoms with E-state index in [1.807, 2.05) is 24.3 Å². The molecule has 7 N–H and O–H groups in total. The molecule has 50 heavy (non-hydrogen) atoms. The number of hydrogen-bond acceptors (Lipinski definition) is 12. The Balaban J connectivity index is 0.0000125. The molecule has 0 spiro atoms. The SMILES string of the molecule is CCCCOc1ccc(CCCC[C@@H](C(=O)O)N2CCN([C@H](CO)C(=O)O)CCN([C@H](CO)C(=O)O)CCN([C@@H](CO)C(=O)O)CC2)cc1.[Gd]. The Morgan fingerprint density at radius 1 is 0.600 bits per heavy atom. The van der Waals surface area contributed by atoms with Gasteiger partial charge in [0.05, 0.1) is 26.4 Å². The second kappa shape index (κ2) is 25.0. The minimum absolute atomic E-state index is 0. The van der Waals surface area contributed by atoms with Gasteiger partial charge in [-0.05, 0) is 43.4 Å². The Hall–Kier alpha value is -2.06. The van der Waals surface area contributed by atoms with Crippen molar-refractivity contribution in [3.8, 4) is 5.75 Å². The average Bonchev–Trinajstić information content (AvgIpc) is 3.05. The summed E-state index contributed by atoms with van der Waals surface area (Å²) >= 11 is 0. The van der Waals surface area contributed by atoms with Crippen molar-refractivity contribution in [2.24, 2.45) is 0 Å². The molecule has 1 aromatic rings. The van der Waals surface area contributed by atoms with E-state index in [4.69, 9.17) is 4.74 Å². The van der Waals surface area contributed by atoms with Crippen molar-refractivity contribution in [3.05, 3.63) is 29.8 Å². The van der Waals surface area contributed by atoms with E-state index < -0.39 is 67.9 Å². The zero-order valence-electron chi connectivity index (χ0n) is 28.7. The van der Waals surface area contributed by atoms with Crippen LogP contribution < -0.4 is 4.74 Å². The third-order valence-electron chi connectivity index (χ3n) is 9.00. The maximum atomic E-state index is 12.6. The molecule has 4 atom stereocenters. The molecule has 0 saturated carbocycles. The van der Waals surface area contributed by atoms with E-state index in [-0.39, 0.29) is 98.7 Å². The minimum atomic E-state index is -1.37. The number of carboxylic acid groups (broad SMARTS) is 4. The summed E-state index contributed by atoms with van der Waals surface area (Å²) in [5.41, 5.74) is 1.08. The van der Waals surface area contributed by atoms with Crippen molar-refractivity contribution in [2.45, 2.75) is 69.6 Å². The number of benzene rings is 1. The number of nitrogens with zero attached hydrogens (tertiary/aromatic N) is 4. The van der Waals surface area contributed by atoms with E-state index in [1.54, 1.807) is 4.90 Å². The summed E-state index contributed by atoms with van der Waals surface area (Å²) in [7, 11) is 0. The third kappa shape index (κ3) is 15.3. The maximum Gasteiger partial charge on any atom is 0.323 e. The molecule has 0 aliphatic carbocycles. The fourth-order valence-corrected chi connectivity index (χ4v) is 5.99. The molecule has 1 aromatic carbocycles. The van der Waals surface area contributed by atoms with Gasteiger partial charge < -0.3 is 40.5 Å². The molecule has 1 heterocycles. The molecule has 286 valence electrons. The van der Waals surface area contributed by atoms with Crippen LogP contribution in [0.2, 0.25) is 0 Å². The number of unbranched alkanes of at least 4 members (excludes halogenated alkanes) is 2. The summed E-state index contributed by atoms with van der Waals surface area (Å²) in [5, 5.41) is 69.3. The van der Waals surface area contributed by atoms with Crippen LogP contribution in [-0.2, 0) is 25.6 Å². The topological polar surface area (TPSA) is 232 Å². The summed E-state index contributed by atoms with van der Waals surface area (Å²) in [4.78, 5) is 54.6. The van der Waals surface area contributed by atoms with Crippen LogP contribution in [0.4, 0.5) is 0 Å². The smallest absolute Gasteiger partial charge is 0.323 e. The van der Waals surface area contributed by atoms with Crippen molar-refractivity contribution >= 4 is 23.9 Å².